The highest BCUT2D eigenvalue weighted by Gasteiger charge is 2.59. The third kappa shape index (κ3) is 2.80. The summed E-state index contributed by atoms with van der Waals surface area (Å²) in [4.78, 5) is 25.0. The van der Waals surface area contributed by atoms with E-state index in [2.05, 4.69) is 32.6 Å². The molecule has 2 heteroatoms. The Morgan fingerprint density at radius 2 is 1.70 bits per heavy atom. The summed E-state index contributed by atoms with van der Waals surface area (Å²) < 4.78 is 0. The van der Waals surface area contributed by atoms with Gasteiger partial charge in [-0.3, -0.25) is 9.59 Å². The molecule has 0 amide bonds. The molecule has 0 spiro atoms. The molecule has 0 aliphatic heterocycles. The van der Waals surface area contributed by atoms with Crippen molar-refractivity contribution in [2.45, 2.75) is 59.3 Å². The fraction of sp³-hybridized carbons (Fsp3) is 0.520. The summed E-state index contributed by atoms with van der Waals surface area (Å²) in [7, 11) is 0. The maximum atomic E-state index is 12.6. The minimum Gasteiger partial charge on any atom is -0.299 e. The van der Waals surface area contributed by atoms with Crippen molar-refractivity contribution in [2.75, 3.05) is 0 Å². The van der Waals surface area contributed by atoms with Crippen molar-refractivity contribution in [1.29, 1.82) is 0 Å². The van der Waals surface area contributed by atoms with E-state index in [0.29, 0.717) is 18.6 Å². The SMILES string of the molecule is CC1(C)C(=O)CC[C@]2(C)C3=CC(=O)CC[C@]3(C#Cc3ccccc3)CC[C@@H]12. The molecule has 3 aliphatic carbocycles. The number of hydrogen-bond acceptors (Lipinski definition) is 2. The summed E-state index contributed by atoms with van der Waals surface area (Å²) in [5.74, 6) is 7.89. The summed E-state index contributed by atoms with van der Waals surface area (Å²) in [6.45, 7) is 6.49. The van der Waals surface area contributed by atoms with Crippen LogP contribution in [0.5, 0.6) is 0 Å². The van der Waals surface area contributed by atoms with Crippen molar-refractivity contribution >= 4 is 11.6 Å². The van der Waals surface area contributed by atoms with Gasteiger partial charge >= 0.3 is 0 Å². The molecule has 3 aliphatic rings. The van der Waals surface area contributed by atoms with Gasteiger partial charge in [0.05, 0.1) is 5.41 Å². The predicted molar refractivity (Wildman–Crippen MR) is 107 cm³/mol. The van der Waals surface area contributed by atoms with E-state index in [4.69, 9.17) is 0 Å². The van der Waals surface area contributed by atoms with Crippen LogP contribution in [-0.2, 0) is 9.59 Å². The Morgan fingerprint density at radius 3 is 2.44 bits per heavy atom. The summed E-state index contributed by atoms with van der Waals surface area (Å²) in [5, 5.41) is 0. The predicted octanol–water partition coefficient (Wildman–Crippen LogP) is 5.12. The quantitative estimate of drug-likeness (QED) is 0.602. The van der Waals surface area contributed by atoms with Crippen LogP contribution in [0.3, 0.4) is 0 Å². The molecule has 0 bridgehead atoms. The van der Waals surface area contributed by atoms with E-state index in [0.717, 1.165) is 31.2 Å². The molecule has 1 aromatic rings. The van der Waals surface area contributed by atoms with Gasteiger partial charge in [0, 0.05) is 23.8 Å². The van der Waals surface area contributed by atoms with E-state index in [-0.39, 0.29) is 27.9 Å². The van der Waals surface area contributed by atoms with Crippen LogP contribution in [0.15, 0.2) is 42.0 Å². The van der Waals surface area contributed by atoms with Crippen molar-refractivity contribution in [3.05, 3.63) is 47.5 Å². The highest BCUT2D eigenvalue weighted by molar-refractivity contribution is 5.93. The number of Topliss-reactive ketones (excluding diaryl/α,β-unsaturated/α-hetero) is 1. The molecule has 140 valence electrons. The van der Waals surface area contributed by atoms with E-state index >= 15 is 0 Å². The van der Waals surface area contributed by atoms with Gasteiger partial charge in [-0.15, -0.1) is 0 Å². The largest absolute Gasteiger partial charge is 0.299 e. The van der Waals surface area contributed by atoms with Gasteiger partial charge in [0.25, 0.3) is 0 Å². The van der Waals surface area contributed by atoms with E-state index in [1.807, 2.05) is 36.4 Å². The first-order valence-corrected chi connectivity index (χ1v) is 10.1. The number of ketones is 2. The highest BCUT2D eigenvalue weighted by atomic mass is 16.1. The van der Waals surface area contributed by atoms with Gasteiger partial charge in [-0.25, -0.2) is 0 Å². The van der Waals surface area contributed by atoms with Crippen LogP contribution in [0.2, 0.25) is 0 Å². The van der Waals surface area contributed by atoms with Crippen LogP contribution in [0, 0.1) is 34.0 Å². The highest BCUT2D eigenvalue weighted by Crippen LogP contribution is 2.64. The van der Waals surface area contributed by atoms with Crippen molar-refractivity contribution in [1.82, 2.24) is 0 Å². The normalized spacial score (nSPS) is 34.6. The molecule has 0 saturated heterocycles. The molecule has 2 fully saturated rings. The Bertz CT molecular complexity index is 880. The van der Waals surface area contributed by atoms with Crippen molar-refractivity contribution in [3.8, 4) is 11.8 Å². The fourth-order valence-electron chi connectivity index (χ4n) is 5.97. The second kappa shape index (κ2) is 6.20. The molecule has 0 unspecified atom stereocenters. The number of fused-ring (bicyclic) bond motifs is 3. The molecule has 0 radical (unpaired) electrons. The Hall–Kier alpha value is -2.14. The van der Waals surface area contributed by atoms with Gasteiger partial charge in [-0.05, 0) is 60.8 Å². The molecule has 4 rings (SSSR count). The van der Waals surface area contributed by atoms with E-state index < -0.39 is 0 Å². The van der Waals surface area contributed by atoms with Crippen LogP contribution < -0.4 is 0 Å². The molecular formula is C25H28O2. The first-order chi connectivity index (χ1) is 12.8. The van der Waals surface area contributed by atoms with E-state index in [1.165, 1.54) is 5.57 Å². The zero-order valence-electron chi connectivity index (χ0n) is 16.6. The monoisotopic (exact) mass is 360 g/mol. The van der Waals surface area contributed by atoms with Gasteiger partial charge in [0.1, 0.15) is 5.78 Å². The minimum atomic E-state index is -0.326. The topological polar surface area (TPSA) is 34.1 Å². The fourth-order valence-corrected chi connectivity index (χ4v) is 5.97. The number of carbonyl (C=O) groups is 2. The maximum Gasteiger partial charge on any atom is 0.155 e. The summed E-state index contributed by atoms with van der Waals surface area (Å²) >= 11 is 0. The number of allylic oxidation sites excluding steroid dienone is 2. The smallest absolute Gasteiger partial charge is 0.155 e. The van der Waals surface area contributed by atoms with Gasteiger partial charge in [-0.1, -0.05) is 50.8 Å². The average molecular weight is 360 g/mol. The van der Waals surface area contributed by atoms with Crippen LogP contribution in [0.25, 0.3) is 0 Å². The van der Waals surface area contributed by atoms with Gasteiger partial charge in [-0.2, -0.15) is 0 Å². The van der Waals surface area contributed by atoms with Crippen molar-refractivity contribution < 1.29 is 9.59 Å². The van der Waals surface area contributed by atoms with E-state index in [1.54, 1.807) is 0 Å². The van der Waals surface area contributed by atoms with Crippen LogP contribution in [-0.4, -0.2) is 11.6 Å². The number of hydrogen-bond donors (Lipinski definition) is 0. The Labute approximate surface area is 162 Å². The molecule has 2 saturated carbocycles. The third-order valence-corrected chi connectivity index (χ3v) is 7.54. The number of benzene rings is 1. The first kappa shape index (κ1) is 18.2. The first-order valence-electron chi connectivity index (χ1n) is 10.1. The zero-order chi connectivity index (χ0) is 19.3. The van der Waals surface area contributed by atoms with Crippen LogP contribution in [0.4, 0.5) is 0 Å². The van der Waals surface area contributed by atoms with E-state index in [9.17, 15) is 9.59 Å². The van der Waals surface area contributed by atoms with Gasteiger partial charge in [0.15, 0.2) is 5.78 Å². The minimum absolute atomic E-state index is 0.114. The molecule has 2 nitrogen and oxygen atoms in total. The van der Waals surface area contributed by atoms with Crippen molar-refractivity contribution in [2.24, 2.45) is 22.2 Å². The standard InChI is InChI=1S/C25H28O2/c1-23(2)20-11-16-25(14-9-18-7-5-4-6-8-18)15-10-19(26)17-21(25)24(20,3)13-12-22(23)27/h4-8,17,20H,10-13,15-16H2,1-3H3/t20-,24-,25+/m0/s1. The Balaban J connectivity index is 1.81. The van der Waals surface area contributed by atoms with Gasteiger partial charge in [0.2, 0.25) is 0 Å². The summed E-state index contributed by atoms with van der Waals surface area (Å²) in [6.07, 6.45) is 6.69. The molecular weight excluding hydrogens is 332 g/mol. The lowest BCUT2D eigenvalue weighted by atomic mass is 9.44. The third-order valence-electron chi connectivity index (χ3n) is 7.54. The zero-order valence-corrected chi connectivity index (χ0v) is 16.6. The number of carbonyl (C=O) groups excluding carboxylic acids is 2. The lowest BCUT2D eigenvalue weighted by Gasteiger charge is -2.59. The number of rotatable bonds is 0. The molecule has 0 heterocycles. The molecule has 27 heavy (non-hydrogen) atoms. The van der Waals surface area contributed by atoms with Crippen molar-refractivity contribution in [3.63, 3.8) is 0 Å². The molecule has 1 aromatic carbocycles. The van der Waals surface area contributed by atoms with Gasteiger partial charge < -0.3 is 0 Å². The molecule has 3 atom stereocenters. The summed E-state index contributed by atoms with van der Waals surface area (Å²) in [6, 6.07) is 10.1. The molecule has 0 N–H and O–H groups in total. The second-order valence-corrected chi connectivity index (χ2v) is 9.38. The average Bonchev–Trinajstić information content (AvgIpc) is 2.65. The summed E-state index contributed by atoms with van der Waals surface area (Å²) in [5.41, 5.74) is 1.58. The molecule has 0 aromatic heterocycles. The maximum absolute atomic E-state index is 12.6. The van der Waals surface area contributed by atoms with Crippen LogP contribution >= 0.6 is 0 Å². The Kier molecular flexibility index (Phi) is 4.18. The van der Waals surface area contributed by atoms with Crippen LogP contribution in [0.1, 0.15) is 64.9 Å². The Morgan fingerprint density at radius 1 is 0.963 bits per heavy atom. The lowest BCUT2D eigenvalue weighted by molar-refractivity contribution is -0.141. The second-order valence-electron chi connectivity index (χ2n) is 9.38. The lowest BCUT2D eigenvalue weighted by Crippen LogP contribution is -2.54.